The Balaban J connectivity index is 2.65. The number of aromatic nitrogens is 2. The number of hydrogen-bond acceptors (Lipinski definition) is 3. The van der Waals surface area contributed by atoms with Gasteiger partial charge in [-0.1, -0.05) is 0 Å². The van der Waals surface area contributed by atoms with Crippen molar-refractivity contribution in [3.8, 4) is 0 Å². The van der Waals surface area contributed by atoms with Crippen LogP contribution in [0.25, 0.3) is 5.65 Å². The third-order valence-corrected chi connectivity index (χ3v) is 2.72. The lowest BCUT2D eigenvalue weighted by Gasteiger charge is -2.11. The molecule has 0 unspecified atom stereocenters. The molecule has 0 fully saturated rings. The molecule has 0 aliphatic carbocycles. The molecule has 8 heteroatoms. The van der Waals surface area contributed by atoms with Crippen molar-refractivity contribution in [3.05, 3.63) is 35.3 Å². The van der Waals surface area contributed by atoms with Crippen molar-refractivity contribution in [2.75, 3.05) is 14.1 Å². The van der Waals surface area contributed by atoms with Crippen LogP contribution in [0.2, 0.25) is 0 Å². The largest absolute Gasteiger partial charge is 0.476 e. The van der Waals surface area contributed by atoms with Crippen molar-refractivity contribution in [2.45, 2.75) is 12.7 Å². The molecule has 0 atom stereocenters. The fourth-order valence-corrected chi connectivity index (χ4v) is 1.89. The van der Waals surface area contributed by atoms with E-state index in [1.165, 1.54) is 10.6 Å². The monoisotopic (exact) mass is 287 g/mol. The molecular formula is C12H12F3N3O2. The quantitative estimate of drug-likeness (QED) is 0.939. The predicted molar refractivity (Wildman–Crippen MR) is 64.5 cm³/mol. The van der Waals surface area contributed by atoms with E-state index < -0.39 is 17.7 Å². The molecule has 0 aromatic carbocycles. The zero-order valence-electron chi connectivity index (χ0n) is 10.8. The lowest BCUT2D eigenvalue weighted by molar-refractivity contribution is -0.137. The lowest BCUT2D eigenvalue weighted by Crippen LogP contribution is -2.15. The van der Waals surface area contributed by atoms with Gasteiger partial charge in [-0.25, -0.2) is 9.78 Å². The van der Waals surface area contributed by atoms with Crippen LogP contribution in [0.15, 0.2) is 18.3 Å². The molecule has 0 bridgehead atoms. The van der Waals surface area contributed by atoms with Crippen LogP contribution in [0.1, 0.15) is 21.7 Å². The minimum Gasteiger partial charge on any atom is -0.476 e. The number of rotatable bonds is 3. The number of hydrogen-bond donors (Lipinski definition) is 1. The molecule has 0 radical (unpaired) electrons. The zero-order valence-corrected chi connectivity index (χ0v) is 10.8. The lowest BCUT2D eigenvalue weighted by atomic mass is 10.2. The van der Waals surface area contributed by atoms with Crippen LogP contribution in [-0.4, -0.2) is 39.5 Å². The second kappa shape index (κ2) is 4.78. The van der Waals surface area contributed by atoms with E-state index in [9.17, 15) is 18.0 Å². The van der Waals surface area contributed by atoms with Crippen LogP contribution in [0.4, 0.5) is 13.2 Å². The highest BCUT2D eigenvalue weighted by Crippen LogP contribution is 2.30. The average molecular weight is 287 g/mol. The molecule has 2 heterocycles. The molecule has 2 rings (SSSR count). The number of nitrogens with zero attached hydrogens (tertiary/aromatic N) is 3. The molecule has 108 valence electrons. The first-order valence-corrected chi connectivity index (χ1v) is 5.66. The van der Waals surface area contributed by atoms with Gasteiger partial charge in [0.25, 0.3) is 0 Å². The highest BCUT2D eigenvalue weighted by Gasteiger charge is 2.31. The SMILES string of the molecule is CN(C)Cc1c(C(=O)O)nc2cc(C(F)(F)F)ccn12. The van der Waals surface area contributed by atoms with Gasteiger partial charge < -0.3 is 14.4 Å². The number of imidazole rings is 1. The Hall–Kier alpha value is -2.09. The summed E-state index contributed by atoms with van der Waals surface area (Å²) >= 11 is 0. The second-order valence-electron chi connectivity index (χ2n) is 4.59. The zero-order chi connectivity index (χ0) is 15.1. The summed E-state index contributed by atoms with van der Waals surface area (Å²) in [5.74, 6) is -1.26. The molecule has 0 spiro atoms. The maximum atomic E-state index is 12.6. The number of alkyl halides is 3. The number of pyridine rings is 1. The van der Waals surface area contributed by atoms with E-state index in [0.29, 0.717) is 5.69 Å². The van der Waals surface area contributed by atoms with Crippen LogP contribution in [0.3, 0.4) is 0 Å². The summed E-state index contributed by atoms with van der Waals surface area (Å²) in [4.78, 5) is 16.6. The van der Waals surface area contributed by atoms with Gasteiger partial charge in [0.1, 0.15) is 5.65 Å². The summed E-state index contributed by atoms with van der Waals surface area (Å²) in [6, 6.07) is 1.74. The summed E-state index contributed by atoms with van der Waals surface area (Å²) in [6.07, 6.45) is -3.30. The molecule has 5 nitrogen and oxygen atoms in total. The first-order chi connectivity index (χ1) is 9.20. The molecular weight excluding hydrogens is 275 g/mol. The molecule has 2 aromatic rings. The molecule has 1 N–H and O–H groups in total. The van der Waals surface area contributed by atoms with Crippen molar-refractivity contribution in [2.24, 2.45) is 0 Å². The molecule has 0 aliphatic rings. The Morgan fingerprint density at radius 3 is 2.60 bits per heavy atom. The van der Waals surface area contributed by atoms with Crippen molar-refractivity contribution in [3.63, 3.8) is 0 Å². The summed E-state index contributed by atoms with van der Waals surface area (Å²) in [7, 11) is 3.46. The van der Waals surface area contributed by atoms with Crippen LogP contribution in [-0.2, 0) is 12.7 Å². The number of carboxylic acids is 1. The maximum absolute atomic E-state index is 12.6. The van der Waals surface area contributed by atoms with Crippen LogP contribution < -0.4 is 0 Å². The van der Waals surface area contributed by atoms with Gasteiger partial charge in [0.15, 0.2) is 5.69 Å². The van der Waals surface area contributed by atoms with E-state index in [-0.39, 0.29) is 17.9 Å². The second-order valence-corrected chi connectivity index (χ2v) is 4.59. The number of fused-ring (bicyclic) bond motifs is 1. The van der Waals surface area contributed by atoms with Gasteiger partial charge in [0.2, 0.25) is 0 Å². The van der Waals surface area contributed by atoms with Gasteiger partial charge in [-0.05, 0) is 26.2 Å². The molecule has 2 aromatic heterocycles. The number of halogens is 3. The van der Waals surface area contributed by atoms with E-state index in [0.717, 1.165) is 12.1 Å². The predicted octanol–water partition coefficient (Wildman–Crippen LogP) is 2.11. The number of aromatic carboxylic acids is 1. The van der Waals surface area contributed by atoms with Crippen LogP contribution in [0, 0.1) is 0 Å². The van der Waals surface area contributed by atoms with Gasteiger partial charge in [0, 0.05) is 12.7 Å². The van der Waals surface area contributed by atoms with E-state index >= 15 is 0 Å². The van der Waals surface area contributed by atoms with Crippen molar-refractivity contribution in [1.82, 2.24) is 14.3 Å². The first-order valence-electron chi connectivity index (χ1n) is 5.66. The highest BCUT2D eigenvalue weighted by atomic mass is 19.4. The minimum absolute atomic E-state index is 0.0333. The third kappa shape index (κ3) is 2.60. The molecule has 20 heavy (non-hydrogen) atoms. The normalized spacial score (nSPS) is 12.3. The van der Waals surface area contributed by atoms with Gasteiger partial charge in [-0.2, -0.15) is 13.2 Å². The van der Waals surface area contributed by atoms with E-state index in [4.69, 9.17) is 5.11 Å². The summed E-state index contributed by atoms with van der Waals surface area (Å²) < 4.78 is 39.3. The van der Waals surface area contributed by atoms with Crippen molar-refractivity contribution in [1.29, 1.82) is 0 Å². The van der Waals surface area contributed by atoms with Crippen LogP contribution in [0.5, 0.6) is 0 Å². The smallest absolute Gasteiger partial charge is 0.416 e. The van der Waals surface area contributed by atoms with Crippen molar-refractivity contribution < 1.29 is 23.1 Å². The number of carboxylic acid groups (broad SMARTS) is 1. The summed E-state index contributed by atoms with van der Waals surface area (Å²) in [6.45, 7) is 0.258. The van der Waals surface area contributed by atoms with Gasteiger partial charge in [-0.15, -0.1) is 0 Å². The average Bonchev–Trinajstić information content (AvgIpc) is 2.65. The first kappa shape index (κ1) is 14.3. The van der Waals surface area contributed by atoms with Gasteiger partial charge in [0.05, 0.1) is 11.3 Å². The Labute approximate surface area is 112 Å². The van der Waals surface area contributed by atoms with E-state index in [2.05, 4.69) is 4.98 Å². The van der Waals surface area contributed by atoms with E-state index in [1.807, 2.05) is 0 Å². The molecule has 0 saturated carbocycles. The fraction of sp³-hybridized carbons (Fsp3) is 0.333. The molecule has 0 saturated heterocycles. The van der Waals surface area contributed by atoms with Crippen LogP contribution >= 0.6 is 0 Å². The summed E-state index contributed by atoms with van der Waals surface area (Å²) in [5.41, 5.74) is -0.790. The van der Waals surface area contributed by atoms with Gasteiger partial charge >= 0.3 is 12.1 Å². The Morgan fingerprint density at radius 2 is 2.10 bits per heavy atom. The molecule has 0 amide bonds. The fourth-order valence-electron chi connectivity index (χ4n) is 1.89. The minimum atomic E-state index is -4.49. The third-order valence-electron chi connectivity index (χ3n) is 2.72. The Bertz CT molecular complexity index is 662. The highest BCUT2D eigenvalue weighted by molar-refractivity contribution is 5.88. The van der Waals surface area contributed by atoms with Gasteiger partial charge in [-0.3, -0.25) is 0 Å². The summed E-state index contributed by atoms with van der Waals surface area (Å²) in [5, 5.41) is 9.09. The standard InChI is InChI=1S/C12H12F3N3O2/c1-17(2)6-8-10(11(19)20)16-9-5-7(12(13,14)15)3-4-18(8)9/h3-5H,6H2,1-2H3,(H,19,20). The van der Waals surface area contributed by atoms with Crippen molar-refractivity contribution >= 4 is 11.6 Å². The Morgan fingerprint density at radius 1 is 1.45 bits per heavy atom. The Kier molecular flexibility index (Phi) is 3.43. The molecule has 0 aliphatic heterocycles. The van der Waals surface area contributed by atoms with E-state index in [1.54, 1.807) is 19.0 Å². The topological polar surface area (TPSA) is 57.8 Å². The maximum Gasteiger partial charge on any atom is 0.416 e. The number of carbonyl (C=O) groups is 1.